The Hall–Kier alpha value is -1.29. The van der Waals surface area contributed by atoms with E-state index >= 15 is 0 Å². The number of rotatable bonds is 11. The van der Waals surface area contributed by atoms with Crippen molar-refractivity contribution in [2.75, 3.05) is 45.3 Å². The van der Waals surface area contributed by atoms with Gasteiger partial charge in [-0.15, -0.1) is 0 Å². The molecule has 0 amide bonds. The maximum absolute atomic E-state index is 12.0. The number of anilines is 1. The van der Waals surface area contributed by atoms with Gasteiger partial charge in [-0.05, 0) is 6.42 Å². The highest BCUT2D eigenvalue weighted by molar-refractivity contribution is 7.89. The average molecular weight is 318 g/mol. The third-order valence-electron chi connectivity index (χ3n) is 2.44. The fourth-order valence-corrected chi connectivity index (χ4v) is 2.26. The highest BCUT2D eigenvalue weighted by Gasteiger charge is 2.14. The fourth-order valence-electron chi connectivity index (χ4n) is 1.36. The number of aromatic nitrogens is 2. The SMILES string of the molecule is CCCNc1ncc(S(=O)(=O)NCCOCCOC)cn1. The third kappa shape index (κ3) is 6.80. The highest BCUT2D eigenvalue weighted by Crippen LogP contribution is 2.07. The first kappa shape index (κ1) is 17.8. The van der Waals surface area contributed by atoms with E-state index in [1.54, 1.807) is 7.11 Å². The summed E-state index contributed by atoms with van der Waals surface area (Å²) in [4.78, 5) is 7.95. The zero-order valence-corrected chi connectivity index (χ0v) is 13.1. The van der Waals surface area contributed by atoms with Gasteiger partial charge in [-0.2, -0.15) is 0 Å². The molecule has 0 spiro atoms. The Bertz CT molecular complexity index is 492. The molecule has 0 atom stereocenters. The van der Waals surface area contributed by atoms with Gasteiger partial charge in [0.15, 0.2) is 0 Å². The molecule has 0 bridgehead atoms. The van der Waals surface area contributed by atoms with Gasteiger partial charge in [0.25, 0.3) is 0 Å². The predicted octanol–water partition coefficient (Wildman–Crippen LogP) is 0.240. The Labute approximate surface area is 125 Å². The molecule has 1 rings (SSSR count). The van der Waals surface area contributed by atoms with Crippen molar-refractivity contribution in [1.82, 2.24) is 14.7 Å². The van der Waals surface area contributed by atoms with Crippen molar-refractivity contribution in [3.8, 4) is 0 Å². The summed E-state index contributed by atoms with van der Waals surface area (Å²) in [5.74, 6) is 0.415. The Balaban J connectivity index is 2.42. The summed E-state index contributed by atoms with van der Waals surface area (Å²) in [6, 6.07) is 0. The van der Waals surface area contributed by atoms with Crippen molar-refractivity contribution in [2.24, 2.45) is 0 Å². The second-order valence-corrected chi connectivity index (χ2v) is 5.94. The van der Waals surface area contributed by atoms with Gasteiger partial charge < -0.3 is 14.8 Å². The van der Waals surface area contributed by atoms with E-state index in [1.807, 2.05) is 6.92 Å². The molecule has 0 radical (unpaired) electrons. The summed E-state index contributed by atoms with van der Waals surface area (Å²) in [6.45, 7) is 4.13. The molecule has 21 heavy (non-hydrogen) atoms. The molecule has 0 aliphatic carbocycles. The van der Waals surface area contributed by atoms with Crippen LogP contribution in [0.2, 0.25) is 0 Å². The maximum Gasteiger partial charge on any atom is 0.243 e. The Morgan fingerprint density at radius 2 is 1.86 bits per heavy atom. The molecule has 0 aliphatic rings. The van der Waals surface area contributed by atoms with Gasteiger partial charge in [-0.25, -0.2) is 23.1 Å². The lowest BCUT2D eigenvalue weighted by Crippen LogP contribution is -2.28. The van der Waals surface area contributed by atoms with Gasteiger partial charge in [0.2, 0.25) is 16.0 Å². The van der Waals surface area contributed by atoms with E-state index in [9.17, 15) is 8.42 Å². The summed E-state index contributed by atoms with van der Waals surface area (Å²) in [5.41, 5.74) is 0. The topological polar surface area (TPSA) is 102 Å². The molecule has 0 saturated heterocycles. The molecule has 0 fully saturated rings. The average Bonchev–Trinajstić information content (AvgIpc) is 2.49. The lowest BCUT2D eigenvalue weighted by Gasteiger charge is -2.08. The number of ether oxygens (including phenoxy) is 2. The van der Waals surface area contributed by atoms with Crippen LogP contribution >= 0.6 is 0 Å². The zero-order valence-electron chi connectivity index (χ0n) is 12.3. The van der Waals surface area contributed by atoms with E-state index in [0.29, 0.717) is 19.2 Å². The molecule has 2 N–H and O–H groups in total. The first-order valence-corrected chi connectivity index (χ1v) is 8.20. The third-order valence-corrected chi connectivity index (χ3v) is 3.86. The van der Waals surface area contributed by atoms with Crippen molar-refractivity contribution in [1.29, 1.82) is 0 Å². The molecule has 120 valence electrons. The Morgan fingerprint density at radius 1 is 1.14 bits per heavy atom. The quantitative estimate of drug-likeness (QED) is 0.563. The van der Waals surface area contributed by atoms with Crippen LogP contribution < -0.4 is 10.0 Å². The summed E-state index contributed by atoms with van der Waals surface area (Å²) < 4.78 is 36.3. The summed E-state index contributed by atoms with van der Waals surface area (Å²) in [6.07, 6.45) is 3.49. The van der Waals surface area contributed by atoms with Crippen molar-refractivity contribution in [3.05, 3.63) is 12.4 Å². The van der Waals surface area contributed by atoms with Crippen molar-refractivity contribution in [2.45, 2.75) is 18.2 Å². The second kappa shape index (κ2) is 9.61. The van der Waals surface area contributed by atoms with Crippen LogP contribution in [0.3, 0.4) is 0 Å². The molecule has 1 aromatic heterocycles. The normalized spacial score (nSPS) is 11.5. The molecule has 0 aliphatic heterocycles. The van der Waals surface area contributed by atoms with E-state index in [1.165, 1.54) is 12.4 Å². The van der Waals surface area contributed by atoms with Gasteiger partial charge in [-0.1, -0.05) is 6.92 Å². The van der Waals surface area contributed by atoms with E-state index < -0.39 is 10.0 Å². The van der Waals surface area contributed by atoms with Crippen LogP contribution in [0.15, 0.2) is 17.3 Å². The van der Waals surface area contributed by atoms with Gasteiger partial charge in [0.05, 0.1) is 32.2 Å². The monoisotopic (exact) mass is 318 g/mol. The van der Waals surface area contributed by atoms with Gasteiger partial charge in [0, 0.05) is 20.2 Å². The van der Waals surface area contributed by atoms with E-state index in [-0.39, 0.29) is 18.0 Å². The Kier molecular flexibility index (Phi) is 8.13. The van der Waals surface area contributed by atoms with Gasteiger partial charge in [0.1, 0.15) is 4.90 Å². The van der Waals surface area contributed by atoms with Crippen LogP contribution in [-0.2, 0) is 19.5 Å². The smallest absolute Gasteiger partial charge is 0.243 e. The van der Waals surface area contributed by atoms with Crippen LogP contribution in [0.5, 0.6) is 0 Å². The maximum atomic E-state index is 12.0. The first-order valence-electron chi connectivity index (χ1n) is 6.72. The molecule has 0 unspecified atom stereocenters. The zero-order chi connectivity index (χ0) is 15.6. The molecule has 1 aromatic rings. The number of nitrogens with zero attached hydrogens (tertiary/aromatic N) is 2. The predicted molar refractivity (Wildman–Crippen MR) is 78.7 cm³/mol. The van der Waals surface area contributed by atoms with Gasteiger partial charge in [-0.3, -0.25) is 0 Å². The molecule has 8 nitrogen and oxygen atoms in total. The highest BCUT2D eigenvalue weighted by atomic mass is 32.2. The molecular weight excluding hydrogens is 296 g/mol. The lowest BCUT2D eigenvalue weighted by molar-refractivity contribution is 0.0736. The van der Waals surface area contributed by atoms with E-state index in [0.717, 1.165) is 13.0 Å². The number of hydrogen-bond donors (Lipinski definition) is 2. The largest absolute Gasteiger partial charge is 0.382 e. The molecular formula is C12H22N4O4S. The van der Waals surface area contributed by atoms with Crippen molar-refractivity contribution in [3.63, 3.8) is 0 Å². The van der Waals surface area contributed by atoms with Gasteiger partial charge >= 0.3 is 0 Å². The fraction of sp³-hybridized carbons (Fsp3) is 0.667. The van der Waals surface area contributed by atoms with Crippen molar-refractivity contribution >= 4 is 16.0 Å². The van der Waals surface area contributed by atoms with Crippen LogP contribution in [0.1, 0.15) is 13.3 Å². The minimum absolute atomic E-state index is 0.0291. The molecule has 1 heterocycles. The molecule has 9 heteroatoms. The van der Waals surface area contributed by atoms with E-state index in [4.69, 9.17) is 9.47 Å². The van der Waals surface area contributed by atoms with Crippen molar-refractivity contribution < 1.29 is 17.9 Å². The molecule has 0 aromatic carbocycles. The number of methoxy groups -OCH3 is 1. The Morgan fingerprint density at radius 3 is 2.48 bits per heavy atom. The van der Waals surface area contributed by atoms with Crippen LogP contribution in [0, 0.1) is 0 Å². The minimum Gasteiger partial charge on any atom is -0.382 e. The standard InChI is InChI=1S/C12H22N4O4S/c1-3-4-13-12-14-9-11(10-15-12)21(17,18)16-5-6-20-8-7-19-2/h9-10,16H,3-8H2,1-2H3,(H,13,14,15). The summed E-state index contributed by atoms with van der Waals surface area (Å²) in [5, 5.41) is 2.98. The number of nitrogens with one attached hydrogen (secondary N) is 2. The lowest BCUT2D eigenvalue weighted by atomic mass is 10.5. The van der Waals surface area contributed by atoms with Crippen LogP contribution in [0.25, 0.3) is 0 Å². The molecule has 0 saturated carbocycles. The summed E-state index contributed by atoms with van der Waals surface area (Å²) >= 11 is 0. The van der Waals surface area contributed by atoms with E-state index in [2.05, 4.69) is 20.0 Å². The number of hydrogen-bond acceptors (Lipinski definition) is 7. The van der Waals surface area contributed by atoms with Crippen LogP contribution in [-0.4, -0.2) is 58.4 Å². The minimum atomic E-state index is -3.60. The van der Waals surface area contributed by atoms with Crippen LogP contribution in [0.4, 0.5) is 5.95 Å². The second-order valence-electron chi connectivity index (χ2n) is 4.17. The summed E-state index contributed by atoms with van der Waals surface area (Å²) in [7, 11) is -2.03. The first-order chi connectivity index (χ1) is 10.1. The number of sulfonamides is 1.